The van der Waals surface area contributed by atoms with Gasteiger partial charge in [-0.2, -0.15) is 0 Å². The van der Waals surface area contributed by atoms with Gasteiger partial charge in [0.1, 0.15) is 24.5 Å². The van der Waals surface area contributed by atoms with E-state index in [4.69, 9.17) is 24.7 Å². The number of ether oxygens (including phenoxy) is 4. The maximum absolute atomic E-state index is 12.4. The zero-order valence-corrected chi connectivity index (χ0v) is 17.2. The zero-order chi connectivity index (χ0) is 22.1. The Labute approximate surface area is 169 Å². The lowest BCUT2D eigenvalue weighted by molar-refractivity contribution is -0.172. The number of hydrogen-bond acceptors (Lipinski definition) is 9. The third kappa shape index (κ3) is 8.30. The van der Waals surface area contributed by atoms with Crippen LogP contribution in [-0.2, 0) is 33.4 Å². The summed E-state index contributed by atoms with van der Waals surface area (Å²) in [6.07, 6.45) is -2.06. The van der Waals surface area contributed by atoms with Crippen molar-refractivity contribution >= 4 is 23.9 Å². The highest BCUT2D eigenvalue weighted by atomic mass is 16.6. The highest BCUT2D eigenvalue weighted by Gasteiger charge is 2.27. The van der Waals surface area contributed by atoms with E-state index in [-0.39, 0.29) is 18.3 Å². The first-order valence-corrected chi connectivity index (χ1v) is 9.09. The molecule has 0 fully saturated rings. The number of esters is 4. The molecule has 0 aromatic heterocycles. The Morgan fingerprint density at radius 2 is 1.48 bits per heavy atom. The minimum atomic E-state index is -1.32. The highest BCUT2D eigenvalue weighted by Crippen LogP contribution is 2.23. The Bertz CT molecular complexity index is 729. The van der Waals surface area contributed by atoms with Crippen LogP contribution in [-0.4, -0.2) is 42.6 Å². The SMILES string of the molecule is CC(=O)Oc1ccc(C(OC(C)=O)C(=O)OCC(C)OC(=O)C(N)C(C)C)cc1. The second kappa shape index (κ2) is 11.2. The second-order valence-electron chi connectivity index (χ2n) is 6.80. The van der Waals surface area contributed by atoms with Gasteiger partial charge in [0, 0.05) is 19.4 Å². The molecular formula is C20H27NO8. The molecular weight excluding hydrogens is 382 g/mol. The maximum Gasteiger partial charge on any atom is 0.352 e. The fourth-order valence-corrected chi connectivity index (χ4v) is 2.15. The van der Waals surface area contributed by atoms with Crippen LogP contribution < -0.4 is 10.5 Å². The lowest BCUT2D eigenvalue weighted by Crippen LogP contribution is -2.39. The maximum atomic E-state index is 12.4. The van der Waals surface area contributed by atoms with Crippen molar-refractivity contribution in [3.05, 3.63) is 29.8 Å². The van der Waals surface area contributed by atoms with Crippen molar-refractivity contribution in [3.63, 3.8) is 0 Å². The lowest BCUT2D eigenvalue weighted by Gasteiger charge is -2.20. The molecule has 3 unspecified atom stereocenters. The molecule has 0 spiro atoms. The molecule has 0 aliphatic heterocycles. The van der Waals surface area contributed by atoms with Crippen LogP contribution >= 0.6 is 0 Å². The van der Waals surface area contributed by atoms with E-state index in [1.807, 2.05) is 0 Å². The van der Waals surface area contributed by atoms with Gasteiger partial charge in [-0.1, -0.05) is 26.0 Å². The van der Waals surface area contributed by atoms with Crippen molar-refractivity contribution in [3.8, 4) is 5.75 Å². The normalized spacial score (nSPS) is 13.8. The first-order valence-electron chi connectivity index (χ1n) is 9.09. The Balaban J connectivity index is 2.75. The van der Waals surface area contributed by atoms with Crippen molar-refractivity contribution < 1.29 is 38.1 Å². The predicted molar refractivity (Wildman–Crippen MR) is 102 cm³/mol. The Kier molecular flexibility index (Phi) is 9.27. The summed E-state index contributed by atoms with van der Waals surface area (Å²) in [6.45, 7) is 7.30. The van der Waals surface area contributed by atoms with Crippen LogP contribution in [0, 0.1) is 5.92 Å². The second-order valence-corrected chi connectivity index (χ2v) is 6.80. The molecule has 0 aliphatic carbocycles. The molecule has 0 radical (unpaired) electrons. The molecule has 2 N–H and O–H groups in total. The molecule has 0 aliphatic rings. The Hall–Kier alpha value is -2.94. The van der Waals surface area contributed by atoms with E-state index in [1.54, 1.807) is 20.8 Å². The molecule has 9 nitrogen and oxygen atoms in total. The van der Waals surface area contributed by atoms with E-state index < -0.39 is 42.1 Å². The third-order valence-corrected chi connectivity index (χ3v) is 3.71. The van der Waals surface area contributed by atoms with E-state index in [0.29, 0.717) is 5.56 Å². The van der Waals surface area contributed by atoms with Crippen LogP contribution in [0.25, 0.3) is 0 Å². The van der Waals surface area contributed by atoms with Gasteiger partial charge in [0.05, 0.1) is 0 Å². The summed E-state index contributed by atoms with van der Waals surface area (Å²) < 4.78 is 20.3. The van der Waals surface area contributed by atoms with Crippen LogP contribution in [0.5, 0.6) is 5.75 Å². The quantitative estimate of drug-likeness (QED) is 0.367. The predicted octanol–water partition coefficient (Wildman–Crippen LogP) is 1.67. The number of nitrogens with two attached hydrogens (primary N) is 1. The Morgan fingerprint density at radius 1 is 0.897 bits per heavy atom. The van der Waals surface area contributed by atoms with Crippen molar-refractivity contribution in [2.24, 2.45) is 11.7 Å². The first-order chi connectivity index (χ1) is 13.5. The Morgan fingerprint density at radius 3 is 1.97 bits per heavy atom. The molecule has 0 bridgehead atoms. The molecule has 0 heterocycles. The molecule has 3 atom stereocenters. The summed E-state index contributed by atoms with van der Waals surface area (Å²) >= 11 is 0. The standard InChI is InChI=1S/C20H27NO8/c1-11(2)17(21)19(24)27-12(3)10-26-20(25)18(29-14(5)23)15-6-8-16(9-7-15)28-13(4)22/h6-9,11-12,17-18H,10,21H2,1-5H3. The van der Waals surface area contributed by atoms with E-state index in [9.17, 15) is 19.2 Å². The minimum Gasteiger partial charge on any atom is -0.459 e. The summed E-state index contributed by atoms with van der Waals surface area (Å²) in [7, 11) is 0. The van der Waals surface area contributed by atoms with Gasteiger partial charge in [-0.25, -0.2) is 4.79 Å². The smallest absolute Gasteiger partial charge is 0.352 e. The van der Waals surface area contributed by atoms with Crippen molar-refractivity contribution in [1.29, 1.82) is 0 Å². The minimum absolute atomic E-state index is 0.0967. The molecule has 0 amide bonds. The fraction of sp³-hybridized carbons (Fsp3) is 0.500. The summed E-state index contributed by atoms with van der Waals surface area (Å²) in [6, 6.07) is 5.07. The molecule has 160 valence electrons. The first kappa shape index (κ1) is 24.1. The summed E-state index contributed by atoms with van der Waals surface area (Å²) in [5.41, 5.74) is 6.04. The average molecular weight is 409 g/mol. The number of benzene rings is 1. The number of hydrogen-bond donors (Lipinski definition) is 1. The van der Waals surface area contributed by atoms with Crippen molar-refractivity contribution in [1.82, 2.24) is 0 Å². The molecule has 1 aromatic carbocycles. The van der Waals surface area contributed by atoms with Gasteiger partial charge in [0.25, 0.3) is 0 Å². The fourth-order valence-electron chi connectivity index (χ4n) is 2.15. The van der Waals surface area contributed by atoms with Gasteiger partial charge < -0.3 is 24.7 Å². The molecule has 29 heavy (non-hydrogen) atoms. The monoisotopic (exact) mass is 409 g/mol. The van der Waals surface area contributed by atoms with E-state index >= 15 is 0 Å². The number of rotatable bonds is 9. The van der Waals surface area contributed by atoms with Crippen LogP contribution in [0.3, 0.4) is 0 Å². The van der Waals surface area contributed by atoms with Gasteiger partial charge in [0.2, 0.25) is 6.10 Å². The van der Waals surface area contributed by atoms with Gasteiger partial charge in [-0.15, -0.1) is 0 Å². The molecule has 1 rings (SSSR count). The van der Waals surface area contributed by atoms with Crippen LogP contribution in [0.15, 0.2) is 24.3 Å². The van der Waals surface area contributed by atoms with Crippen molar-refractivity contribution in [2.45, 2.75) is 52.9 Å². The largest absolute Gasteiger partial charge is 0.459 e. The molecule has 0 saturated heterocycles. The van der Waals surface area contributed by atoms with Crippen LogP contribution in [0.1, 0.15) is 46.3 Å². The zero-order valence-electron chi connectivity index (χ0n) is 17.2. The topological polar surface area (TPSA) is 131 Å². The van der Waals surface area contributed by atoms with Gasteiger partial charge in [-0.3, -0.25) is 14.4 Å². The number of carbonyl (C=O) groups excluding carboxylic acids is 4. The summed E-state index contributed by atoms with van der Waals surface area (Å²) in [5.74, 6) is -2.43. The van der Waals surface area contributed by atoms with Gasteiger partial charge in [0.15, 0.2) is 0 Å². The highest BCUT2D eigenvalue weighted by molar-refractivity contribution is 5.80. The van der Waals surface area contributed by atoms with Gasteiger partial charge in [-0.05, 0) is 25.0 Å². The van der Waals surface area contributed by atoms with E-state index in [0.717, 1.165) is 6.92 Å². The third-order valence-electron chi connectivity index (χ3n) is 3.71. The van der Waals surface area contributed by atoms with Crippen LogP contribution in [0.2, 0.25) is 0 Å². The number of carbonyl (C=O) groups is 4. The van der Waals surface area contributed by atoms with Crippen LogP contribution in [0.4, 0.5) is 0 Å². The van der Waals surface area contributed by atoms with Crippen molar-refractivity contribution in [2.75, 3.05) is 6.61 Å². The molecule has 1 aromatic rings. The van der Waals surface area contributed by atoms with E-state index in [2.05, 4.69) is 0 Å². The summed E-state index contributed by atoms with van der Waals surface area (Å²) in [4.78, 5) is 46.6. The molecule has 0 saturated carbocycles. The lowest BCUT2D eigenvalue weighted by atomic mass is 10.1. The van der Waals surface area contributed by atoms with Gasteiger partial charge >= 0.3 is 23.9 Å². The molecule has 9 heteroatoms. The average Bonchev–Trinajstić information content (AvgIpc) is 2.63. The summed E-state index contributed by atoms with van der Waals surface area (Å²) in [5, 5.41) is 0. The van der Waals surface area contributed by atoms with E-state index in [1.165, 1.54) is 31.2 Å².